The van der Waals surface area contributed by atoms with E-state index in [1.807, 2.05) is 12.1 Å². The Kier molecular flexibility index (Phi) is 3.87. The molecule has 0 spiro atoms. The molecule has 0 aromatic heterocycles. The summed E-state index contributed by atoms with van der Waals surface area (Å²) >= 11 is 0. The molecule has 3 nitrogen and oxygen atoms in total. The average Bonchev–Trinajstić information content (AvgIpc) is 2.36. The molecule has 0 aliphatic carbocycles. The lowest BCUT2D eigenvalue weighted by Crippen LogP contribution is -2.30. The van der Waals surface area contributed by atoms with Crippen molar-refractivity contribution < 1.29 is 0 Å². The molecule has 17 heavy (non-hydrogen) atoms. The van der Waals surface area contributed by atoms with Crippen molar-refractivity contribution in [3.63, 3.8) is 0 Å². The lowest BCUT2D eigenvalue weighted by Gasteiger charge is -2.32. The van der Waals surface area contributed by atoms with E-state index in [-0.39, 0.29) is 0 Å². The third-order valence-electron chi connectivity index (χ3n) is 3.35. The fraction of sp³-hybridized carbons (Fsp3) is 0.500. The van der Waals surface area contributed by atoms with Gasteiger partial charge < -0.3 is 10.6 Å². The third kappa shape index (κ3) is 2.71. The molecule has 1 aromatic carbocycles. The summed E-state index contributed by atoms with van der Waals surface area (Å²) in [6.45, 7) is 2.15. The molecule has 90 valence electrons. The minimum atomic E-state index is 0.664. The van der Waals surface area contributed by atoms with Gasteiger partial charge in [0, 0.05) is 30.9 Å². The van der Waals surface area contributed by atoms with Crippen molar-refractivity contribution in [2.24, 2.45) is 0 Å². The van der Waals surface area contributed by atoms with Crippen LogP contribution in [-0.4, -0.2) is 13.1 Å². The molecule has 0 bridgehead atoms. The highest BCUT2D eigenvalue weighted by molar-refractivity contribution is 5.66. The molecule has 0 fully saturated rings. The number of nitrogen functional groups attached to an aromatic ring is 1. The van der Waals surface area contributed by atoms with Crippen molar-refractivity contribution in [1.29, 1.82) is 5.26 Å². The Morgan fingerprint density at radius 1 is 1.35 bits per heavy atom. The van der Waals surface area contributed by atoms with Crippen LogP contribution in [0.4, 0.5) is 11.4 Å². The second kappa shape index (κ2) is 5.58. The van der Waals surface area contributed by atoms with Gasteiger partial charge in [-0.1, -0.05) is 6.07 Å². The van der Waals surface area contributed by atoms with Crippen LogP contribution in [-0.2, 0) is 6.42 Å². The Morgan fingerprint density at radius 3 is 3.06 bits per heavy atom. The highest BCUT2D eigenvalue weighted by atomic mass is 15.1. The number of benzene rings is 1. The van der Waals surface area contributed by atoms with Gasteiger partial charge in [0.25, 0.3) is 0 Å². The molecule has 1 aromatic rings. The number of nitrogens with two attached hydrogens (primary N) is 1. The molecule has 0 atom stereocenters. The summed E-state index contributed by atoms with van der Waals surface area (Å²) in [7, 11) is 0. The molecule has 1 aliphatic heterocycles. The summed E-state index contributed by atoms with van der Waals surface area (Å²) in [5, 5.41) is 8.52. The topological polar surface area (TPSA) is 53.0 Å². The molecular weight excluding hydrogens is 210 g/mol. The fourth-order valence-electron chi connectivity index (χ4n) is 2.47. The summed E-state index contributed by atoms with van der Waals surface area (Å²) in [4.78, 5) is 2.41. The van der Waals surface area contributed by atoms with E-state index in [4.69, 9.17) is 11.0 Å². The Bertz CT molecular complexity index is 420. The number of hydrogen-bond donors (Lipinski definition) is 1. The standard InChI is InChI=1S/C14H19N3/c15-9-2-1-3-10-17-11-5-6-12-13(16)7-4-8-14(12)17/h4,7-8H,1-3,5-6,10-11,16H2. The van der Waals surface area contributed by atoms with Crippen molar-refractivity contribution in [3.05, 3.63) is 23.8 Å². The van der Waals surface area contributed by atoms with E-state index < -0.39 is 0 Å². The van der Waals surface area contributed by atoms with Crippen LogP contribution in [0.2, 0.25) is 0 Å². The van der Waals surface area contributed by atoms with E-state index in [0.29, 0.717) is 6.42 Å². The van der Waals surface area contributed by atoms with Crippen LogP contribution in [0.15, 0.2) is 18.2 Å². The van der Waals surface area contributed by atoms with E-state index in [9.17, 15) is 0 Å². The van der Waals surface area contributed by atoms with Crippen LogP contribution in [0.5, 0.6) is 0 Å². The zero-order chi connectivity index (χ0) is 12.1. The van der Waals surface area contributed by atoms with Crippen molar-refractivity contribution in [2.45, 2.75) is 32.1 Å². The number of rotatable bonds is 4. The molecular formula is C14H19N3. The van der Waals surface area contributed by atoms with Crippen LogP contribution in [0.3, 0.4) is 0 Å². The summed E-state index contributed by atoms with van der Waals surface area (Å²) < 4.78 is 0. The maximum Gasteiger partial charge on any atom is 0.0621 e. The first-order chi connectivity index (χ1) is 8.33. The van der Waals surface area contributed by atoms with E-state index in [2.05, 4.69) is 17.0 Å². The lowest BCUT2D eigenvalue weighted by molar-refractivity contribution is 0.649. The van der Waals surface area contributed by atoms with Crippen molar-refractivity contribution in [3.8, 4) is 6.07 Å². The normalized spacial score (nSPS) is 14.2. The monoisotopic (exact) mass is 229 g/mol. The van der Waals surface area contributed by atoms with Gasteiger partial charge in [-0.3, -0.25) is 0 Å². The molecule has 0 unspecified atom stereocenters. The van der Waals surface area contributed by atoms with E-state index in [1.54, 1.807) is 0 Å². The highest BCUT2D eigenvalue weighted by Gasteiger charge is 2.17. The van der Waals surface area contributed by atoms with Gasteiger partial charge in [-0.2, -0.15) is 5.26 Å². The van der Waals surface area contributed by atoms with Gasteiger partial charge in [-0.05, 0) is 43.4 Å². The van der Waals surface area contributed by atoms with Crippen LogP contribution < -0.4 is 10.6 Å². The second-order valence-corrected chi connectivity index (χ2v) is 4.55. The predicted molar refractivity (Wildman–Crippen MR) is 70.9 cm³/mol. The van der Waals surface area contributed by atoms with Gasteiger partial charge in [0.2, 0.25) is 0 Å². The Morgan fingerprint density at radius 2 is 2.24 bits per heavy atom. The van der Waals surface area contributed by atoms with Gasteiger partial charge in [0.15, 0.2) is 0 Å². The molecule has 0 radical (unpaired) electrons. The zero-order valence-electron chi connectivity index (χ0n) is 10.2. The van der Waals surface area contributed by atoms with Crippen LogP contribution in [0.1, 0.15) is 31.2 Å². The maximum absolute atomic E-state index is 8.52. The van der Waals surface area contributed by atoms with Gasteiger partial charge in [-0.25, -0.2) is 0 Å². The smallest absolute Gasteiger partial charge is 0.0621 e. The quantitative estimate of drug-likeness (QED) is 0.638. The van der Waals surface area contributed by atoms with Crippen molar-refractivity contribution >= 4 is 11.4 Å². The van der Waals surface area contributed by atoms with E-state index in [1.165, 1.54) is 17.7 Å². The largest absolute Gasteiger partial charge is 0.398 e. The number of anilines is 2. The molecule has 0 amide bonds. The summed E-state index contributed by atoms with van der Waals surface area (Å²) in [6, 6.07) is 8.37. The Hall–Kier alpha value is -1.69. The van der Waals surface area contributed by atoms with E-state index >= 15 is 0 Å². The molecule has 1 aliphatic rings. The van der Waals surface area contributed by atoms with Gasteiger partial charge in [0.1, 0.15) is 0 Å². The number of nitriles is 1. The SMILES string of the molecule is N#CCCCCN1CCCc2c(N)cccc21. The summed E-state index contributed by atoms with van der Waals surface area (Å²) in [5.74, 6) is 0. The van der Waals surface area contributed by atoms with Gasteiger partial charge in [-0.15, -0.1) is 0 Å². The lowest BCUT2D eigenvalue weighted by atomic mass is 9.99. The fourth-order valence-corrected chi connectivity index (χ4v) is 2.47. The molecule has 0 saturated carbocycles. The third-order valence-corrected chi connectivity index (χ3v) is 3.35. The first-order valence-electron chi connectivity index (χ1n) is 6.32. The number of fused-ring (bicyclic) bond motifs is 1. The molecule has 1 heterocycles. The summed E-state index contributed by atoms with van der Waals surface area (Å²) in [5.41, 5.74) is 9.53. The Balaban J connectivity index is 2.02. The predicted octanol–water partition coefficient (Wildman–Crippen LogP) is 2.72. The number of unbranched alkanes of at least 4 members (excludes halogenated alkanes) is 2. The molecule has 3 heteroatoms. The maximum atomic E-state index is 8.52. The molecule has 2 N–H and O–H groups in total. The molecule has 2 rings (SSSR count). The number of hydrogen-bond acceptors (Lipinski definition) is 3. The molecule has 0 saturated heterocycles. The average molecular weight is 229 g/mol. The first kappa shape index (κ1) is 11.8. The zero-order valence-corrected chi connectivity index (χ0v) is 10.2. The summed E-state index contributed by atoms with van der Waals surface area (Å²) in [6.07, 6.45) is 5.01. The number of nitrogens with zero attached hydrogens (tertiary/aromatic N) is 2. The first-order valence-corrected chi connectivity index (χ1v) is 6.32. The minimum Gasteiger partial charge on any atom is -0.398 e. The second-order valence-electron chi connectivity index (χ2n) is 4.55. The van der Waals surface area contributed by atoms with E-state index in [0.717, 1.165) is 38.0 Å². The Labute approximate surface area is 103 Å². The van der Waals surface area contributed by atoms with Crippen LogP contribution in [0.25, 0.3) is 0 Å². The van der Waals surface area contributed by atoms with Gasteiger partial charge in [0.05, 0.1) is 6.07 Å². The minimum absolute atomic E-state index is 0.664. The van der Waals surface area contributed by atoms with Gasteiger partial charge >= 0.3 is 0 Å². The van der Waals surface area contributed by atoms with Crippen LogP contribution >= 0.6 is 0 Å². The van der Waals surface area contributed by atoms with Crippen molar-refractivity contribution in [2.75, 3.05) is 23.7 Å². The van der Waals surface area contributed by atoms with Crippen LogP contribution in [0, 0.1) is 11.3 Å². The van der Waals surface area contributed by atoms with Crippen molar-refractivity contribution in [1.82, 2.24) is 0 Å². The highest BCUT2D eigenvalue weighted by Crippen LogP contribution is 2.31.